The highest BCUT2D eigenvalue weighted by molar-refractivity contribution is 5.95. The van der Waals surface area contributed by atoms with Crippen LogP contribution in [0.2, 0.25) is 0 Å². The standard InChI is InChI=1S/C19H21N3O2/c23-19(21-9-5-2-6-10-21)15-13-17-18(20-14-15)22(11-12-24-17)16-7-3-1-4-8-16/h1,3-4,7-8,13-14H,2,5-6,9-12H2. The van der Waals surface area contributed by atoms with Crippen molar-refractivity contribution in [3.05, 3.63) is 48.2 Å². The van der Waals surface area contributed by atoms with Gasteiger partial charge in [-0.3, -0.25) is 4.79 Å². The van der Waals surface area contributed by atoms with E-state index in [0.29, 0.717) is 17.9 Å². The SMILES string of the molecule is O=C(c1cnc2c(c1)OCCN2c1ccccc1)N1CCCCC1. The molecule has 0 aliphatic carbocycles. The molecule has 24 heavy (non-hydrogen) atoms. The third-order valence-corrected chi connectivity index (χ3v) is 4.62. The fraction of sp³-hybridized carbons (Fsp3) is 0.368. The van der Waals surface area contributed by atoms with Gasteiger partial charge in [0, 0.05) is 25.0 Å². The van der Waals surface area contributed by atoms with E-state index in [1.54, 1.807) is 6.20 Å². The molecule has 124 valence electrons. The third kappa shape index (κ3) is 2.82. The van der Waals surface area contributed by atoms with Crippen LogP contribution in [0.5, 0.6) is 5.75 Å². The lowest BCUT2D eigenvalue weighted by Crippen LogP contribution is -2.36. The van der Waals surface area contributed by atoms with Crippen LogP contribution in [0.15, 0.2) is 42.6 Å². The van der Waals surface area contributed by atoms with Crippen LogP contribution in [0.4, 0.5) is 11.5 Å². The molecule has 1 fully saturated rings. The molecule has 0 unspecified atom stereocenters. The number of amides is 1. The lowest BCUT2D eigenvalue weighted by Gasteiger charge is -2.31. The summed E-state index contributed by atoms with van der Waals surface area (Å²) < 4.78 is 5.78. The Bertz CT molecular complexity index is 727. The number of likely N-dealkylation sites (tertiary alicyclic amines) is 1. The number of carbonyl (C=O) groups is 1. The first-order valence-corrected chi connectivity index (χ1v) is 8.57. The summed E-state index contributed by atoms with van der Waals surface area (Å²) in [6, 6.07) is 12.0. The maximum absolute atomic E-state index is 12.7. The van der Waals surface area contributed by atoms with Crippen molar-refractivity contribution in [2.24, 2.45) is 0 Å². The predicted octanol–water partition coefficient (Wildman–Crippen LogP) is 3.24. The van der Waals surface area contributed by atoms with E-state index in [0.717, 1.165) is 44.0 Å². The van der Waals surface area contributed by atoms with E-state index in [1.165, 1.54) is 6.42 Å². The lowest BCUT2D eigenvalue weighted by atomic mass is 10.1. The summed E-state index contributed by atoms with van der Waals surface area (Å²) in [5, 5.41) is 0. The molecule has 0 saturated carbocycles. The van der Waals surface area contributed by atoms with Crippen molar-refractivity contribution in [3.8, 4) is 5.75 Å². The molecule has 1 amide bonds. The summed E-state index contributed by atoms with van der Waals surface area (Å²) in [5.74, 6) is 1.53. The number of para-hydroxylation sites is 1. The normalized spacial score (nSPS) is 17.2. The van der Waals surface area contributed by atoms with Crippen LogP contribution in [-0.4, -0.2) is 42.0 Å². The zero-order valence-electron chi connectivity index (χ0n) is 13.6. The molecule has 0 atom stereocenters. The van der Waals surface area contributed by atoms with Crippen LogP contribution in [-0.2, 0) is 0 Å². The predicted molar refractivity (Wildman–Crippen MR) is 92.9 cm³/mol. The van der Waals surface area contributed by atoms with Gasteiger partial charge in [-0.25, -0.2) is 4.98 Å². The number of fused-ring (bicyclic) bond motifs is 1. The first-order chi connectivity index (χ1) is 11.8. The molecule has 0 spiro atoms. The molecule has 0 N–H and O–H groups in total. The van der Waals surface area contributed by atoms with Crippen molar-refractivity contribution in [1.29, 1.82) is 0 Å². The molecule has 5 heteroatoms. The highest BCUT2D eigenvalue weighted by atomic mass is 16.5. The van der Waals surface area contributed by atoms with Crippen molar-refractivity contribution in [2.45, 2.75) is 19.3 Å². The van der Waals surface area contributed by atoms with Crippen LogP contribution in [0.25, 0.3) is 0 Å². The Balaban J connectivity index is 1.62. The molecule has 0 radical (unpaired) electrons. The Hall–Kier alpha value is -2.56. The van der Waals surface area contributed by atoms with E-state index < -0.39 is 0 Å². The Kier molecular flexibility index (Phi) is 4.07. The van der Waals surface area contributed by atoms with Gasteiger partial charge in [0.1, 0.15) is 6.61 Å². The second kappa shape index (κ2) is 6.51. The number of rotatable bonds is 2. The van der Waals surface area contributed by atoms with E-state index in [2.05, 4.69) is 22.0 Å². The Morgan fingerprint density at radius 3 is 2.62 bits per heavy atom. The van der Waals surface area contributed by atoms with Gasteiger partial charge in [-0.05, 0) is 37.5 Å². The van der Waals surface area contributed by atoms with Crippen molar-refractivity contribution in [2.75, 3.05) is 31.1 Å². The minimum Gasteiger partial charge on any atom is -0.488 e. The monoisotopic (exact) mass is 323 g/mol. The zero-order chi connectivity index (χ0) is 16.4. The quantitative estimate of drug-likeness (QED) is 0.851. The Labute approximate surface area is 141 Å². The topological polar surface area (TPSA) is 45.7 Å². The van der Waals surface area contributed by atoms with E-state index in [4.69, 9.17) is 4.74 Å². The van der Waals surface area contributed by atoms with Crippen LogP contribution in [0.3, 0.4) is 0 Å². The van der Waals surface area contributed by atoms with Gasteiger partial charge >= 0.3 is 0 Å². The van der Waals surface area contributed by atoms with E-state index in [1.807, 2.05) is 29.2 Å². The van der Waals surface area contributed by atoms with E-state index in [9.17, 15) is 4.79 Å². The molecule has 0 bridgehead atoms. The average Bonchev–Trinajstić information content (AvgIpc) is 2.68. The Morgan fingerprint density at radius 2 is 1.83 bits per heavy atom. The van der Waals surface area contributed by atoms with Gasteiger partial charge in [-0.15, -0.1) is 0 Å². The zero-order valence-corrected chi connectivity index (χ0v) is 13.6. The molecule has 1 aromatic heterocycles. The van der Waals surface area contributed by atoms with Gasteiger partial charge in [-0.2, -0.15) is 0 Å². The number of piperidine rings is 1. The number of aromatic nitrogens is 1. The van der Waals surface area contributed by atoms with Gasteiger partial charge < -0.3 is 14.5 Å². The van der Waals surface area contributed by atoms with Crippen molar-refractivity contribution in [3.63, 3.8) is 0 Å². The number of carbonyl (C=O) groups excluding carboxylic acids is 1. The number of hydrogen-bond donors (Lipinski definition) is 0. The van der Waals surface area contributed by atoms with Gasteiger partial charge in [0.2, 0.25) is 0 Å². The minimum absolute atomic E-state index is 0.0606. The highest BCUT2D eigenvalue weighted by Gasteiger charge is 2.24. The highest BCUT2D eigenvalue weighted by Crippen LogP contribution is 2.35. The molecular formula is C19H21N3O2. The maximum Gasteiger partial charge on any atom is 0.255 e. The number of pyridine rings is 1. The van der Waals surface area contributed by atoms with Crippen LogP contribution >= 0.6 is 0 Å². The van der Waals surface area contributed by atoms with Crippen LogP contribution < -0.4 is 9.64 Å². The number of ether oxygens (including phenoxy) is 1. The molecule has 1 saturated heterocycles. The number of hydrogen-bond acceptors (Lipinski definition) is 4. The summed E-state index contributed by atoms with van der Waals surface area (Å²) in [5.41, 5.74) is 1.70. The van der Waals surface area contributed by atoms with E-state index in [-0.39, 0.29) is 5.91 Å². The molecule has 5 nitrogen and oxygen atoms in total. The maximum atomic E-state index is 12.7. The molecule has 3 heterocycles. The van der Waals surface area contributed by atoms with E-state index >= 15 is 0 Å². The third-order valence-electron chi connectivity index (χ3n) is 4.62. The lowest BCUT2D eigenvalue weighted by molar-refractivity contribution is 0.0723. The van der Waals surface area contributed by atoms with Crippen molar-refractivity contribution in [1.82, 2.24) is 9.88 Å². The second-order valence-electron chi connectivity index (χ2n) is 6.23. The molecular weight excluding hydrogens is 302 g/mol. The molecule has 2 aromatic rings. The van der Waals surface area contributed by atoms with Gasteiger partial charge in [-0.1, -0.05) is 18.2 Å². The summed E-state index contributed by atoms with van der Waals surface area (Å²) >= 11 is 0. The smallest absolute Gasteiger partial charge is 0.255 e. The van der Waals surface area contributed by atoms with Crippen LogP contribution in [0, 0.1) is 0 Å². The largest absolute Gasteiger partial charge is 0.488 e. The molecule has 2 aliphatic rings. The van der Waals surface area contributed by atoms with Gasteiger partial charge in [0.25, 0.3) is 5.91 Å². The number of benzene rings is 1. The van der Waals surface area contributed by atoms with Gasteiger partial charge in [0.15, 0.2) is 11.6 Å². The first kappa shape index (κ1) is 15.0. The van der Waals surface area contributed by atoms with Gasteiger partial charge in [0.05, 0.1) is 12.1 Å². The minimum atomic E-state index is 0.0606. The first-order valence-electron chi connectivity index (χ1n) is 8.57. The summed E-state index contributed by atoms with van der Waals surface area (Å²) in [6.07, 6.45) is 5.06. The Morgan fingerprint density at radius 1 is 1.04 bits per heavy atom. The number of anilines is 2. The molecule has 4 rings (SSSR count). The molecule has 1 aromatic carbocycles. The van der Waals surface area contributed by atoms with Crippen molar-refractivity contribution >= 4 is 17.4 Å². The summed E-state index contributed by atoms with van der Waals surface area (Å²) in [6.45, 7) is 3.02. The number of nitrogens with zero attached hydrogens (tertiary/aromatic N) is 3. The fourth-order valence-electron chi connectivity index (χ4n) is 3.35. The fourth-order valence-corrected chi connectivity index (χ4v) is 3.35. The molecule has 2 aliphatic heterocycles. The average molecular weight is 323 g/mol. The summed E-state index contributed by atoms with van der Waals surface area (Å²) in [4.78, 5) is 21.3. The second-order valence-corrected chi connectivity index (χ2v) is 6.23. The van der Waals surface area contributed by atoms with Crippen molar-refractivity contribution < 1.29 is 9.53 Å². The summed E-state index contributed by atoms with van der Waals surface area (Å²) in [7, 11) is 0. The van der Waals surface area contributed by atoms with Crippen LogP contribution in [0.1, 0.15) is 29.6 Å².